The molecule has 1 aliphatic rings. The van der Waals surface area contributed by atoms with Crippen LogP contribution in [0.4, 0.5) is 0 Å². The molecule has 3 rings (SSSR count). The van der Waals surface area contributed by atoms with E-state index in [1.54, 1.807) is 7.11 Å². The molecule has 0 saturated carbocycles. The fourth-order valence-electron chi connectivity index (χ4n) is 5.98. The average molecular weight is 557 g/mol. The molecule has 224 valence electrons. The third-order valence-corrected chi connectivity index (χ3v) is 9.43. The molecule has 1 fully saturated rings. The molecule has 0 spiro atoms. The van der Waals surface area contributed by atoms with Crippen LogP contribution in [0, 0.1) is 5.92 Å². The van der Waals surface area contributed by atoms with Crippen LogP contribution in [0.2, 0.25) is 0 Å². The van der Waals surface area contributed by atoms with E-state index in [4.69, 9.17) is 4.74 Å². The van der Waals surface area contributed by atoms with Crippen molar-refractivity contribution in [1.82, 2.24) is 9.88 Å². The molecule has 2 heterocycles. The molecule has 3 nitrogen and oxygen atoms in total. The van der Waals surface area contributed by atoms with Gasteiger partial charge in [0.25, 0.3) is 0 Å². The SMILES string of the molecule is C=C/C(C)=C(\C=C(\C)C(C)CC)c1[nH]c2ccc(C3CCN(CC(/C=C(/C)OC)=C(C)CC)CC3)cc2c1C(C)C. The molecule has 0 amide bonds. The minimum atomic E-state index is 0.413. The van der Waals surface area contributed by atoms with Gasteiger partial charge in [0, 0.05) is 23.0 Å². The lowest BCUT2D eigenvalue weighted by molar-refractivity contribution is 0.228. The highest BCUT2D eigenvalue weighted by atomic mass is 16.5. The summed E-state index contributed by atoms with van der Waals surface area (Å²) in [4.78, 5) is 6.46. The molecule has 1 aromatic carbocycles. The van der Waals surface area contributed by atoms with E-state index in [1.807, 2.05) is 13.0 Å². The number of fused-ring (bicyclic) bond motifs is 1. The van der Waals surface area contributed by atoms with Crippen LogP contribution in [0.15, 0.2) is 71.1 Å². The summed E-state index contributed by atoms with van der Waals surface area (Å²) in [5, 5.41) is 1.38. The number of aromatic amines is 1. The molecule has 1 N–H and O–H groups in total. The standard InChI is InChI=1S/C38H56N2O/c1-12-26(6)29(9)21-34(28(8)14-3)38-37(25(4)5)35-23-32(15-16-36(35)39-38)31-17-19-40(20-18-31)24-33(27(7)13-2)22-30(10)41-11/h14-16,21-23,25-26,31,39H,3,12-13,17-20,24H2,1-2,4-11H3/b29-21-,30-22-,33-27?,34-28+. The number of aromatic nitrogens is 1. The molecule has 2 aromatic rings. The van der Waals surface area contributed by atoms with Crippen LogP contribution in [0.25, 0.3) is 16.5 Å². The van der Waals surface area contributed by atoms with Gasteiger partial charge >= 0.3 is 0 Å². The Kier molecular flexibility index (Phi) is 11.9. The van der Waals surface area contributed by atoms with Crippen LogP contribution >= 0.6 is 0 Å². The highest BCUT2D eigenvalue weighted by molar-refractivity contribution is 5.93. The number of ether oxygens (including phenoxy) is 1. The Hall–Kier alpha value is -2.78. The van der Waals surface area contributed by atoms with Crippen molar-refractivity contribution in [2.75, 3.05) is 26.7 Å². The monoisotopic (exact) mass is 556 g/mol. The zero-order valence-electron chi connectivity index (χ0n) is 27.7. The van der Waals surface area contributed by atoms with Crippen LogP contribution < -0.4 is 0 Å². The first-order valence-electron chi connectivity index (χ1n) is 15.8. The minimum Gasteiger partial charge on any atom is -0.501 e. The van der Waals surface area contributed by atoms with Crippen LogP contribution in [0.1, 0.15) is 117 Å². The third kappa shape index (κ3) is 7.95. The van der Waals surface area contributed by atoms with E-state index in [0.717, 1.165) is 38.2 Å². The Labute approximate surface area is 251 Å². The molecule has 1 atom stereocenters. The number of piperidine rings is 1. The summed E-state index contributed by atoms with van der Waals surface area (Å²) < 4.78 is 5.47. The van der Waals surface area contributed by atoms with Crippen molar-refractivity contribution < 1.29 is 4.74 Å². The summed E-state index contributed by atoms with van der Waals surface area (Å²) >= 11 is 0. The van der Waals surface area contributed by atoms with E-state index in [1.165, 1.54) is 68.4 Å². The maximum Gasteiger partial charge on any atom is 0.0927 e. The number of benzene rings is 1. The summed E-state index contributed by atoms with van der Waals surface area (Å²) in [6.45, 7) is 27.6. The van der Waals surface area contributed by atoms with Crippen LogP contribution in [-0.2, 0) is 4.74 Å². The van der Waals surface area contributed by atoms with Gasteiger partial charge in [0.1, 0.15) is 0 Å². The lowest BCUT2D eigenvalue weighted by Crippen LogP contribution is -2.34. The highest BCUT2D eigenvalue weighted by Crippen LogP contribution is 2.38. The largest absolute Gasteiger partial charge is 0.501 e. The Bertz CT molecular complexity index is 1320. The first kappa shape index (κ1) is 32.7. The number of rotatable bonds is 12. The predicted octanol–water partition coefficient (Wildman–Crippen LogP) is 10.7. The molecule has 0 bridgehead atoms. The van der Waals surface area contributed by atoms with Crippen molar-refractivity contribution in [3.8, 4) is 0 Å². The van der Waals surface area contributed by atoms with Crippen molar-refractivity contribution in [2.45, 2.75) is 99.8 Å². The van der Waals surface area contributed by atoms with E-state index in [9.17, 15) is 0 Å². The van der Waals surface area contributed by atoms with Gasteiger partial charge in [0.15, 0.2) is 0 Å². The Morgan fingerprint density at radius 1 is 1.07 bits per heavy atom. The third-order valence-electron chi connectivity index (χ3n) is 9.43. The summed E-state index contributed by atoms with van der Waals surface area (Å²) in [6.07, 6.45) is 11.2. The zero-order chi connectivity index (χ0) is 30.3. The zero-order valence-corrected chi connectivity index (χ0v) is 27.7. The first-order chi connectivity index (χ1) is 19.5. The Balaban J connectivity index is 1.92. The minimum absolute atomic E-state index is 0.413. The lowest BCUT2D eigenvalue weighted by atomic mass is 9.87. The predicted molar refractivity (Wildman–Crippen MR) is 181 cm³/mol. The molecule has 1 unspecified atom stereocenters. The molecule has 41 heavy (non-hydrogen) atoms. The lowest BCUT2D eigenvalue weighted by Gasteiger charge is -2.33. The fraction of sp³-hybridized carbons (Fsp3) is 0.526. The molecule has 1 aromatic heterocycles. The molecular formula is C38H56N2O. The number of H-pyrrole nitrogens is 1. The Morgan fingerprint density at radius 3 is 2.32 bits per heavy atom. The summed E-state index contributed by atoms with van der Waals surface area (Å²) in [5.74, 6) is 2.55. The Morgan fingerprint density at radius 2 is 1.76 bits per heavy atom. The second-order valence-electron chi connectivity index (χ2n) is 12.5. The van der Waals surface area contributed by atoms with Gasteiger partial charge in [-0.1, -0.05) is 70.6 Å². The van der Waals surface area contributed by atoms with E-state index in [0.29, 0.717) is 17.8 Å². The number of nitrogens with zero attached hydrogens (tertiary/aromatic N) is 1. The number of hydrogen-bond acceptors (Lipinski definition) is 2. The van der Waals surface area contributed by atoms with Crippen molar-refractivity contribution >= 4 is 16.5 Å². The molecule has 1 saturated heterocycles. The second kappa shape index (κ2) is 14.9. The van der Waals surface area contributed by atoms with E-state index >= 15 is 0 Å². The average Bonchev–Trinajstić information content (AvgIpc) is 3.37. The maximum atomic E-state index is 5.47. The van der Waals surface area contributed by atoms with E-state index in [-0.39, 0.29) is 0 Å². The van der Waals surface area contributed by atoms with Crippen LogP contribution in [0.3, 0.4) is 0 Å². The topological polar surface area (TPSA) is 28.3 Å². The molecule has 1 aliphatic heterocycles. The van der Waals surface area contributed by atoms with Gasteiger partial charge in [0.05, 0.1) is 18.6 Å². The quantitative estimate of drug-likeness (QED) is 0.208. The number of nitrogens with one attached hydrogen (secondary N) is 1. The number of hydrogen-bond donors (Lipinski definition) is 1. The summed E-state index contributed by atoms with van der Waals surface area (Å²) in [7, 11) is 1.76. The van der Waals surface area contributed by atoms with Crippen molar-refractivity contribution in [3.63, 3.8) is 0 Å². The molecule has 0 radical (unpaired) electrons. The van der Waals surface area contributed by atoms with Gasteiger partial charge in [-0.15, -0.1) is 0 Å². The van der Waals surface area contributed by atoms with E-state index in [2.05, 4.69) is 102 Å². The molecular weight excluding hydrogens is 500 g/mol. The van der Waals surface area contributed by atoms with Crippen molar-refractivity contribution in [1.29, 1.82) is 0 Å². The number of likely N-dealkylation sites (tertiary alicyclic amines) is 1. The fourth-order valence-corrected chi connectivity index (χ4v) is 5.98. The van der Waals surface area contributed by atoms with E-state index < -0.39 is 0 Å². The summed E-state index contributed by atoms with van der Waals surface area (Å²) in [6, 6.07) is 7.19. The number of allylic oxidation sites excluding steroid dienone is 7. The second-order valence-corrected chi connectivity index (χ2v) is 12.5. The van der Waals surface area contributed by atoms with Crippen LogP contribution in [0.5, 0.6) is 0 Å². The van der Waals surface area contributed by atoms with Crippen molar-refractivity contribution in [2.24, 2.45) is 5.92 Å². The van der Waals surface area contributed by atoms with Crippen LogP contribution in [-0.4, -0.2) is 36.6 Å². The van der Waals surface area contributed by atoms with Gasteiger partial charge in [0.2, 0.25) is 0 Å². The van der Waals surface area contributed by atoms with Gasteiger partial charge in [-0.2, -0.15) is 0 Å². The summed E-state index contributed by atoms with van der Waals surface area (Å²) in [5.41, 5.74) is 12.2. The first-order valence-corrected chi connectivity index (χ1v) is 15.8. The maximum absolute atomic E-state index is 5.47. The van der Waals surface area contributed by atoms with Gasteiger partial charge in [-0.25, -0.2) is 0 Å². The molecule has 3 heteroatoms. The smallest absolute Gasteiger partial charge is 0.0927 e. The van der Waals surface area contributed by atoms with Gasteiger partial charge in [-0.05, 0) is 125 Å². The number of methoxy groups -OCH3 is 1. The van der Waals surface area contributed by atoms with Gasteiger partial charge < -0.3 is 9.72 Å². The normalized spacial score (nSPS) is 18.0. The van der Waals surface area contributed by atoms with Crippen molar-refractivity contribution in [3.05, 3.63) is 87.9 Å². The molecule has 0 aliphatic carbocycles. The highest BCUT2D eigenvalue weighted by Gasteiger charge is 2.24. The van der Waals surface area contributed by atoms with Gasteiger partial charge in [-0.3, -0.25) is 4.90 Å².